The third-order valence-electron chi connectivity index (χ3n) is 8.31. The van der Waals surface area contributed by atoms with Gasteiger partial charge in [-0.25, -0.2) is 14.5 Å². The van der Waals surface area contributed by atoms with Gasteiger partial charge in [0, 0.05) is 20.6 Å². The van der Waals surface area contributed by atoms with E-state index in [9.17, 15) is 14.7 Å². The van der Waals surface area contributed by atoms with Gasteiger partial charge < -0.3 is 19.5 Å². The highest BCUT2D eigenvalue weighted by molar-refractivity contribution is 5.71. The van der Waals surface area contributed by atoms with Gasteiger partial charge in [-0.3, -0.25) is 4.79 Å². The summed E-state index contributed by atoms with van der Waals surface area (Å²) >= 11 is 0. The molecule has 10 heteroatoms. The predicted octanol–water partition coefficient (Wildman–Crippen LogP) is 3.82. The highest BCUT2D eigenvalue weighted by Gasteiger charge is 2.47. The number of fused-ring (bicyclic) bond motifs is 1. The Bertz CT molecular complexity index is 1130. The van der Waals surface area contributed by atoms with Crippen LogP contribution in [0.15, 0.2) is 12.1 Å². The molecule has 5 rings (SSSR count). The van der Waals surface area contributed by atoms with E-state index in [-0.39, 0.29) is 24.7 Å². The number of hydrogen-bond donors (Lipinski definition) is 1. The van der Waals surface area contributed by atoms with Gasteiger partial charge in [0.05, 0.1) is 23.4 Å². The number of aryl methyl sites for hydroxylation is 2. The van der Waals surface area contributed by atoms with Crippen molar-refractivity contribution in [3.8, 4) is 17.1 Å². The number of carboxylic acid groups (broad SMARTS) is 1. The molecule has 0 aliphatic heterocycles. The van der Waals surface area contributed by atoms with E-state index in [4.69, 9.17) is 14.5 Å². The SMILES string of the molecule is Cc1nc(-c2nnn(C)c2COC(=O)N(C)CC2CCC2)ccc1O[C@@H]1C[C@@H]2CC[C@@H]2[C@@H](C(=O)O)C1. The lowest BCUT2D eigenvalue weighted by Crippen LogP contribution is -2.46. The van der Waals surface area contributed by atoms with Gasteiger partial charge in [0.1, 0.15) is 23.7 Å². The molecule has 3 saturated carbocycles. The third kappa shape index (κ3) is 4.90. The maximum absolute atomic E-state index is 12.5. The number of aromatic nitrogens is 4. The van der Waals surface area contributed by atoms with Crippen LogP contribution in [0, 0.1) is 30.6 Å². The van der Waals surface area contributed by atoms with Gasteiger partial charge in [-0.2, -0.15) is 0 Å². The number of pyridine rings is 1. The summed E-state index contributed by atoms with van der Waals surface area (Å²) in [7, 11) is 3.53. The molecule has 2 aromatic heterocycles. The van der Waals surface area contributed by atoms with Gasteiger partial charge in [0.2, 0.25) is 0 Å². The molecule has 36 heavy (non-hydrogen) atoms. The van der Waals surface area contributed by atoms with Gasteiger partial charge in [-0.1, -0.05) is 11.6 Å². The normalized spacial score (nSPS) is 25.3. The Labute approximate surface area is 211 Å². The lowest BCUT2D eigenvalue weighted by molar-refractivity contribution is -0.151. The maximum Gasteiger partial charge on any atom is 0.409 e. The third-order valence-corrected chi connectivity index (χ3v) is 8.31. The fraction of sp³-hybridized carbons (Fsp3) is 0.654. The summed E-state index contributed by atoms with van der Waals surface area (Å²) in [6, 6.07) is 3.68. The van der Waals surface area contributed by atoms with Crippen molar-refractivity contribution in [2.24, 2.45) is 30.7 Å². The second-order valence-electron chi connectivity index (χ2n) is 10.7. The fourth-order valence-electron chi connectivity index (χ4n) is 5.79. The summed E-state index contributed by atoms with van der Waals surface area (Å²) in [5.41, 5.74) is 2.54. The first-order chi connectivity index (χ1) is 17.3. The Morgan fingerprint density at radius 1 is 1.19 bits per heavy atom. The fourth-order valence-corrected chi connectivity index (χ4v) is 5.79. The lowest BCUT2D eigenvalue weighted by atomic mass is 9.60. The van der Waals surface area contributed by atoms with Crippen molar-refractivity contribution in [2.45, 2.75) is 64.6 Å². The maximum atomic E-state index is 12.5. The summed E-state index contributed by atoms with van der Waals surface area (Å²) in [5, 5.41) is 18.0. The van der Waals surface area contributed by atoms with Crippen molar-refractivity contribution in [3.05, 3.63) is 23.5 Å². The molecule has 3 aliphatic rings. The summed E-state index contributed by atoms with van der Waals surface area (Å²) in [5.74, 6) is 0.922. The number of hydrogen-bond acceptors (Lipinski definition) is 7. The summed E-state index contributed by atoms with van der Waals surface area (Å²) in [4.78, 5) is 30.5. The van der Waals surface area contributed by atoms with E-state index in [0.717, 1.165) is 19.3 Å². The van der Waals surface area contributed by atoms with Gasteiger partial charge in [0.15, 0.2) is 0 Å². The topological polar surface area (TPSA) is 120 Å². The number of ether oxygens (including phenoxy) is 2. The molecule has 0 saturated heterocycles. The van der Waals surface area contributed by atoms with Crippen LogP contribution in [-0.4, -0.2) is 61.7 Å². The molecule has 3 aliphatic carbocycles. The predicted molar refractivity (Wildman–Crippen MR) is 130 cm³/mol. The van der Waals surface area contributed by atoms with Crippen LogP contribution in [0.5, 0.6) is 5.75 Å². The monoisotopic (exact) mass is 497 g/mol. The molecule has 0 spiro atoms. The number of carbonyl (C=O) groups excluding carboxylic acids is 1. The van der Waals surface area contributed by atoms with Crippen LogP contribution in [0.3, 0.4) is 0 Å². The van der Waals surface area contributed by atoms with Crippen molar-refractivity contribution in [1.29, 1.82) is 0 Å². The summed E-state index contributed by atoms with van der Waals surface area (Å²) in [6.07, 6.45) is 6.61. The van der Waals surface area contributed by atoms with E-state index in [2.05, 4.69) is 10.3 Å². The van der Waals surface area contributed by atoms with Crippen LogP contribution in [0.4, 0.5) is 4.79 Å². The Balaban J connectivity index is 1.24. The standard InChI is InChI=1S/C26H35N5O5/c1-15-23(36-18-11-17-7-8-19(17)20(12-18)25(32)33)10-9-21(27-15)24-22(31(3)29-28-24)14-35-26(34)30(2)13-16-5-4-6-16/h9-10,16-20H,4-8,11-14H2,1-3H3,(H,32,33)/t17-,18+,19-,20-/m0/s1. The highest BCUT2D eigenvalue weighted by atomic mass is 16.6. The second kappa shape index (κ2) is 10.1. The number of rotatable bonds is 8. The number of carbonyl (C=O) groups is 2. The molecular weight excluding hydrogens is 462 g/mol. The first-order valence-corrected chi connectivity index (χ1v) is 12.9. The molecule has 3 fully saturated rings. The minimum atomic E-state index is -0.715. The van der Waals surface area contributed by atoms with Crippen LogP contribution >= 0.6 is 0 Å². The smallest absolute Gasteiger partial charge is 0.409 e. The van der Waals surface area contributed by atoms with Gasteiger partial charge in [0.25, 0.3) is 0 Å². The molecule has 0 aromatic carbocycles. The van der Waals surface area contributed by atoms with E-state index >= 15 is 0 Å². The van der Waals surface area contributed by atoms with Gasteiger partial charge in [-0.05, 0) is 75.3 Å². The molecule has 4 atom stereocenters. The van der Waals surface area contributed by atoms with Gasteiger partial charge >= 0.3 is 12.1 Å². The first kappa shape index (κ1) is 24.5. The van der Waals surface area contributed by atoms with Crippen LogP contribution < -0.4 is 4.74 Å². The zero-order valence-corrected chi connectivity index (χ0v) is 21.2. The van der Waals surface area contributed by atoms with Crippen LogP contribution in [0.2, 0.25) is 0 Å². The van der Waals surface area contributed by atoms with Crippen molar-refractivity contribution in [1.82, 2.24) is 24.9 Å². The molecular formula is C26H35N5O5. The molecule has 10 nitrogen and oxygen atoms in total. The molecule has 2 heterocycles. The minimum absolute atomic E-state index is 0.0485. The van der Waals surface area contributed by atoms with Crippen LogP contribution in [0.25, 0.3) is 11.4 Å². The molecule has 0 bridgehead atoms. The number of aliphatic carboxylic acids is 1. The Hall–Kier alpha value is -3.17. The van der Waals surface area contributed by atoms with Crippen LogP contribution in [0.1, 0.15) is 56.3 Å². The lowest BCUT2D eigenvalue weighted by Gasteiger charge is -2.47. The molecule has 194 valence electrons. The zero-order chi connectivity index (χ0) is 25.4. The molecule has 1 amide bonds. The van der Waals surface area contributed by atoms with Gasteiger partial charge in [-0.15, -0.1) is 5.10 Å². The van der Waals surface area contributed by atoms with E-state index in [1.807, 2.05) is 19.1 Å². The minimum Gasteiger partial charge on any atom is -0.488 e. The quantitative estimate of drug-likeness (QED) is 0.584. The second-order valence-corrected chi connectivity index (χ2v) is 10.7. The Morgan fingerprint density at radius 2 is 2.00 bits per heavy atom. The van der Waals surface area contributed by atoms with E-state index in [1.165, 1.54) is 19.3 Å². The zero-order valence-electron chi connectivity index (χ0n) is 21.2. The summed E-state index contributed by atoms with van der Waals surface area (Å²) in [6.45, 7) is 2.63. The molecule has 0 radical (unpaired) electrons. The van der Waals surface area contributed by atoms with E-state index < -0.39 is 5.97 Å². The molecule has 1 N–H and O–H groups in total. The largest absolute Gasteiger partial charge is 0.488 e. The number of carboxylic acids is 1. The number of amides is 1. The first-order valence-electron chi connectivity index (χ1n) is 12.9. The summed E-state index contributed by atoms with van der Waals surface area (Å²) < 4.78 is 13.4. The Morgan fingerprint density at radius 3 is 2.64 bits per heavy atom. The average molecular weight is 498 g/mol. The highest BCUT2D eigenvalue weighted by Crippen LogP contribution is 2.49. The number of nitrogens with zero attached hydrogens (tertiary/aromatic N) is 5. The van der Waals surface area contributed by atoms with Crippen molar-refractivity contribution in [3.63, 3.8) is 0 Å². The van der Waals surface area contributed by atoms with E-state index in [0.29, 0.717) is 59.2 Å². The van der Waals surface area contributed by atoms with Crippen LogP contribution in [-0.2, 0) is 23.2 Å². The Kier molecular flexibility index (Phi) is 6.85. The van der Waals surface area contributed by atoms with Crippen molar-refractivity contribution < 1.29 is 24.2 Å². The van der Waals surface area contributed by atoms with E-state index in [1.54, 1.807) is 23.7 Å². The van der Waals surface area contributed by atoms with Crippen molar-refractivity contribution in [2.75, 3.05) is 13.6 Å². The molecule has 0 unspecified atom stereocenters. The van der Waals surface area contributed by atoms with Crippen molar-refractivity contribution >= 4 is 12.1 Å². The molecule has 2 aromatic rings. The average Bonchev–Trinajstić information content (AvgIpc) is 3.17.